The molecule has 3 aromatic rings. The molecule has 1 aliphatic carbocycles. The number of ketones is 1. The molecule has 2 aliphatic rings. The van der Waals surface area contributed by atoms with Crippen molar-refractivity contribution in [1.29, 1.82) is 0 Å². The van der Waals surface area contributed by atoms with Crippen LogP contribution in [0.5, 0.6) is 5.75 Å². The van der Waals surface area contributed by atoms with E-state index in [0.29, 0.717) is 0 Å². The van der Waals surface area contributed by atoms with Crippen molar-refractivity contribution >= 4 is 17.2 Å². The van der Waals surface area contributed by atoms with E-state index in [0.717, 1.165) is 33.7 Å². The van der Waals surface area contributed by atoms with Crippen LogP contribution in [0.4, 0.5) is 5.69 Å². The zero-order valence-corrected chi connectivity index (χ0v) is 15.0. The summed E-state index contributed by atoms with van der Waals surface area (Å²) in [5.74, 6) is 0.112. The smallest absolute Gasteiger partial charge is 0.179 e. The van der Waals surface area contributed by atoms with Crippen molar-refractivity contribution in [2.45, 2.75) is 5.41 Å². The van der Waals surface area contributed by atoms with E-state index in [4.69, 9.17) is 4.99 Å². The zero-order chi connectivity index (χ0) is 19.1. The summed E-state index contributed by atoms with van der Waals surface area (Å²) in [4.78, 5) is 17.2. The SMILES string of the molecule is O=C1C=CC2=Nc3ccc(O)cc3C(c3ccccc3)(c3ccccc3)C2=C1. The summed E-state index contributed by atoms with van der Waals surface area (Å²) >= 11 is 0. The minimum Gasteiger partial charge on any atom is -0.508 e. The van der Waals surface area contributed by atoms with Gasteiger partial charge in [0.05, 0.1) is 16.8 Å². The van der Waals surface area contributed by atoms with Crippen LogP contribution in [0.2, 0.25) is 0 Å². The van der Waals surface area contributed by atoms with Crippen molar-refractivity contribution < 1.29 is 9.90 Å². The maximum absolute atomic E-state index is 12.4. The average molecular weight is 363 g/mol. The highest BCUT2D eigenvalue weighted by molar-refractivity contribution is 6.23. The van der Waals surface area contributed by atoms with Crippen LogP contribution < -0.4 is 0 Å². The molecule has 1 N–H and O–H groups in total. The van der Waals surface area contributed by atoms with Crippen LogP contribution in [-0.2, 0) is 10.2 Å². The summed E-state index contributed by atoms with van der Waals surface area (Å²) in [6, 6.07) is 25.4. The molecule has 0 atom stereocenters. The van der Waals surface area contributed by atoms with E-state index < -0.39 is 5.41 Å². The molecule has 0 bridgehead atoms. The van der Waals surface area contributed by atoms with E-state index in [-0.39, 0.29) is 11.5 Å². The fourth-order valence-electron chi connectivity index (χ4n) is 4.27. The molecule has 1 heterocycles. The molecule has 3 nitrogen and oxygen atoms in total. The Morgan fingerprint density at radius 1 is 0.786 bits per heavy atom. The van der Waals surface area contributed by atoms with Crippen molar-refractivity contribution in [3.63, 3.8) is 0 Å². The quantitative estimate of drug-likeness (QED) is 0.660. The van der Waals surface area contributed by atoms with Gasteiger partial charge in [-0.2, -0.15) is 0 Å². The second kappa shape index (κ2) is 6.17. The van der Waals surface area contributed by atoms with Crippen LogP contribution in [-0.4, -0.2) is 16.6 Å². The third-order valence-corrected chi connectivity index (χ3v) is 5.41. The lowest BCUT2D eigenvalue weighted by Crippen LogP contribution is -2.38. The fourth-order valence-corrected chi connectivity index (χ4v) is 4.27. The van der Waals surface area contributed by atoms with Gasteiger partial charge >= 0.3 is 0 Å². The van der Waals surface area contributed by atoms with E-state index in [1.54, 1.807) is 30.4 Å². The molecule has 0 saturated heterocycles. The number of rotatable bonds is 2. The number of allylic oxidation sites excluding steroid dienone is 4. The molecule has 0 aromatic heterocycles. The monoisotopic (exact) mass is 363 g/mol. The summed E-state index contributed by atoms with van der Waals surface area (Å²) in [6.07, 6.45) is 5.01. The van der Waals surface area contributed by atoms with Crippen molar-refractivity contribution in [3.05, 3.63) is 119 Å². The molecule has 0 saturated carbocycles. The first-order chi connectivity index (χ1) is 13.7. The number of phenols is 1. The number of aromatic hydroxyl groups is 1. The average Bonchev–Trinajstić information content (AvgIpc) is 2.74. The minimum atomic E-state index is -0.742. The molecule has 134 valence electrons. The first kappa shape index (κ1) is 16.5. The van der Waals surface area contributed by atoms with Gasteiger partial charge in [0.15, 0.2) is 5.78 Å². The van der Waals surface area contributed by atoms with Crippen LogP contribution in [0.3, 0.4) is 0 Å². The van der Waals surface area contributed by atoms with E-state index in [2.05, 4.69) is 24.3 Å². The number of nitrogens with zero attached hydrogens (tertiary/aromatic N) is 1. The molecule has 0 unspecified atom stereocenters. The molecule has 5 rings (SSSR count). The third kappa shape index (κ3) is 2.30. The van der Waals surface area contributed by atoms with Gasteiger partial charge in [-0.15, -0.1) is 0 Å². The van der Waals surface area contributed by atoms with E-state index in [9.17, 15) is 9.90 Å². The van der Waals surface area contributed by atoms with Gasteiger partial charge in [0, 0.05) is 11.1 Å². The molecule has 28 heavy (non-hydrogen) atoms. The Hall–Kier alpha value is -3.72. The Balaban J connectivity index is 1.98. The molecule has 0 spiro atoms. The predicted molar refractivity (Wildman–Crippen MR) is 110 cm³/mol. The van der Waals surface area contributed by atoms with Crippen LogP contribution in [0.15, 0.2) is 108 Å². The van der Waals surface area contributed by atoms with Gasteiger partial charge in [-0.25, -0.2) is 4.99 Å². The summed E-state index contributed by atoms with van der Waals surface area (Å²) in [7, 11) is 0. The Morgan fingerprint density at radius 2 is 1.43 bits per heavy atom. The fraction of sp³-hybridized carbons (Fsp3) is 0.0400. The maximum Gasteiger partial charge on any atom is 0.179 e. The number of hydrogen-bond donors (Lipinski definition) is 1. The Kier molecular flexibility index (Phi) is 3.63. The molecule has 0 fully saturated rings. The van der Waals surface area contributed by atoms with Gasteiger partial charge in [0.25, 0.3) is 0 Å². The number of phenolic OH excluding ortho intramolecular Hbond substituents is 1. The summed E-state index contributed by atoms with van der Waals surface area (Å²) in [5, 5.41) is 10.3. The lowest BCUT2D eigenvalue weighted by molar-refractivity contribution is -0.110. The largest absolute Gasteiger partial charge is 0.508 e. The summed E-state index contributed by atoms with van der Waals surface area (Å²) in [5.41, 5.74) is 4.55. The number of fused-ring (bicyclic) bond motifs is 2. The second-order valence-corrected chi connectivity index (χ2v) is 6.97. The van der Waals surface area contributed by atoms with Crippen molar-refractivity contribution in [3.8, 4) is 5.75 Å². The molecule has 0 amide bonds. The lowest BCUT2D eigenvalue weighted by atomic mass is 9.61. The minimum absolute atomic E-state index is 0.0613. The zero-order valence-electron chi connectivity index (χ0n) is 15.0. The first-order valence-electron chi connectivity index (χ1n) is 9.17. The second-order valence-electron chi connectivity index (χ2n) is 6.97. The van der Waals surface area contributed by atoms with Crippen LogP contribution in [0.1, 0.15) is 16.7 Å². The van der Waals surface area contributed by atoms with Crippen molar-refractivity contribution in [2.75, 3.05) is 0 Å². The predicted octanol–water partition coefficient (Wildman–Crippen LogP) is 4.88. The Bertz CT molecular complexity index is 1130. The number of carbonyl (C=O) groups is 1. The molecule has 3 aromatic carbocycles. The number of aliphatic imine (C=N–C) groups is 1. The number of hydrogen-bond acceptors (Lipinski definition) is 3. The molecular formula is C25H17NO2. The third-order valence-electron chi connectivity index (χ3n) is 5.41. The molecular weight excluding hydrogens is 346 g/mol. The maximum atomic E-state index is 12.4. The van der Waals surface area contributed by atoms with Crippen molar-refractivity contribution in [2.24, 2.45) is 4.99 Å². The van der Waals surface area contributed by atoms with Crippen LogP contribution in [0, 0.1) is 0 Å². The van der Waals surface area contributed by atoms with Crippen molar-refractivity contribution in [1.82, 2.24) is 0 Å². The number of benzene rings is 3. The van der Waals surface area contributed by atoms with Crippen LogP contribution in [0.25, 0.3) is 0 Å². The van der Waals surface area contributed by atoms with Gasteiger partial charge in [-0.3, -0.25) is 4.79 Å². The van der Waals surface area contributed by atoms with Gasteiger partial charge in [0.2, 0.25) is 0 Å². The summed E-state index contributed by atoms with van der Waals surface area (Å²) in [6.45, 7) is 0. The Labute approximate surface area is 163 Å². The standard InChI is InChI=1S/C25H17NO2/c27-19-11-13-23-21(15-19)25(17-7-3-1-4-8-17,18-9-5-2-6-10-18)22-16-20(28)12-14-24(22)26-23/h1-16,27H. The highest BCUT2D eigenvalue weighted by atomic mass is 16.3. The van der Waals surface area contributed by atoms with Gasteiger partial charge in [0.1, 0.15) is 5.75 Å². The first-order valence-corrected chi connectivity index (χ1v) is 9.17. The van der Waals surface area contributed by atoms with E-state index >= 15 is 0 Å². The molecule has 3 heteroatoms. The van der Waals surface area contributed by atoms with Crippen LogP contribution >= 0.6 is 0 Å². The van der Waals surface area contributed by atoms with Gasteiger partial charge in [-0.05, 0) is 47.6 Å². The molecule has 0 radical (unpaired) electrons. The highest BCUT2D eigenvalue weighted by Crippen LogP contribution is 2.52. The highest BCUT2D eigenvalue weighted by Gasteiger charge is 2.46. The number of carbonyl (C=O) groups excluding carboxylic acids is 1. The molecule has 1 aliphatic heterocycles. The lowest BCUT2D eigenvalue weighted by Gasteiger charge is -2.42. The van der Waals surface area contributed by atoms with Gasteiger partial charge in [-0.1, -0.05) is 60.7 Å². The normalized spacial score (nSPS) is 16.6. The van der Waals surface area contributed by atoms with Gasteiger partial charge < -0.3 is 5.11 Å². The van der Waals surface area contributed by atoms with E-state index in [1.807, 2.05) is 42.5 Å². The Morgan fingerprint density at radius 3 is 2.07 bits per heavy atom. The summed E-state index contributed by atoms with van der Waals surface area (Å²) < 4.78 is 0. The van der Waals surface area contributed by atoms with E-state index in [1.165, 1.54) is 0 Å². The topological polar surface area (TPSA) is 49.7 Å².